The van der Waals surface area contributed by atoms with Gasteiger partial charge in [0.25, 0.3) is 0 Å². The summed E-state index contributed by atoms with van der Waals surface area (Å²) in [5.74, 6) is -0.214. The van der Waals surface area contributed by atoms with E-state index in [0.29, 0.717) is 6.04 Å². The molecule has 0 atom stereocenters. The van der Waals surface area contributed by atoms with Crippen molar-refractivity contribution in [2.45, 2.75) is 31.7 Å². The second-order valence-electron chi connectivity index (χ2n) is 4.24. The number of pyridine rings is 1. The summed E-state index contributed by atoms with van der Waals surface area (Å²) in [5.41, 5.74) is 0.113. The number of hydrogen-bond acceptors (Lipinski definition) is 3. The Bertz CT molecular complexity index is 386. The molecule has 0 unspecified atom stereocenters. The van der Waals surface area contributed by atoms with Gasteiger partial charge in [0.05, 0.1) is 0 Å². The maximum Gasteiger partial charge on any atom is 0.354 e. The van der Waals surface area contributed by atoms with Gasteiger partial charge in [0, 0.05) is 13.1 Å². The summed E-state index contributed by atoms with van der Waals surface area (Å²) < 4.78 is 0. The highest BCUT2D eigenvalue weighted by Crippen LogP contribution is 2.25. The fourth-order valence-corrected chi connectivity index (χ4v) is 2.22. The predicted octanol–water partition coefficient (Wildman–Crippen LogP) is 2.16. The van der Waals surface area contributed by atoms with Crippen molar-refractivity contribution < 1.29 is 9.90 Å². The van der Waals surface area contributed by atoms with E-state index in [0.717, 1.165) is 5.82 Å². The van der Waals surface area contributed by atoms with Gasteiger partial charge in [-0.2, -0.15) is 0 Å². The Morgan fingerprint density at radius 2 is 2.12 bits per heavy atom. The number of anilines is 1. The molecular weight excluding hydrogens is 204 g/mol. The molecule has 0 spiro atoms. The molecule has 0 radical (unpaired) electrons. The van der Waals surface area contributed by atoms with E-state index in [1.165, 1.54) is 31.7 Å². The van der Waals surface area contributed by atoms with Crippen LogP contribution in [0.4, 0.5) is 5.82 Å². The van der Waals surface area contributed by atoms with Crippen LogP contribution in [0.1, 0.15) is 36.2 Å². The van der Waals surface area contributed by atoms with Gasteiger partial charge in [0.2, 0.25) is 0 Å². The molecule has 1 aliphatic rings. The van der Waals surface area contributed by atoms with E-state index >= 15 is 0 Å². The van der Waals surface area contributed by atoms with Gasteiger partial charge >= 0.3 is 5.97 Å². The molecule has 1 aliphatic carbocycles. The van der Waals surface area contributed by atoms with Crippen molar-refractivity contribution in [1.82, 2.24) is 4.98 Å². The fraction of sp³-hybridized carbons (Fsp3) is 0.500. The van der Waals surface area contributed by atoms with E-state index in [-0.39, 0.29) is 5.69 Å². The standard InChI is InChI=1S/C12H16N2O2/c1-14(9-5-2-3-6-9)11-8-4-7-10(13-11)12(15)16/h4,7-9H,2-3,5-6H2,1H3,(H,15,16). The van der Waals surface area contributed by atoms with E-state index < -0.39 is 5.97 Å². The first-order valence-corrected chi connectivity index (χ1v) is 5.61. The average molecular weight is 220 g/mol. The van der Waals surface area contributed by atoms with E-state index in [4.69, 9.17) is 5.11 Å². The van der Waals surface area contributed by atoms with Crippen molar-refractivity contribution in [3.63, 3.8) is 0 Å². The van der Waals surface area contributed by atoms with Crippen molar-refractivity contribution in [1.29, 1.82) is 0 Å². The van der Waals surface area contributed by atoms with Crippen LogP contribution in [0.25, 0.3) is 0 Å². The molecule has 1 fully saturated rings. The van der Waals surface area contributed by atoms with Crippen LogP contribution in [-0.2, 0) is 0 Å². The topological polar surface area (TPSA) is 53.4 Å². The summed E-state index contributed by atoms with van der Waals surface area (Å²) in [4.78, 5) is 17.1. The quantitative estimate of drug-likeness (QED) is 0.848. The van der Waals surface area contributed by atoms with Crippen LogP contribution in [0, 0.1) is 0 Å². The van der Waals surface area contributed by atoms with Crippen LogP contribution in [0.2, 0.25) is 0 Å². The zero-order valence-corrected chi connectivity index (χ0v) is 9.39. The zero-order chi connectivity index (χ0) is 11.5. The van der Waals surface area contributed by atoms with Gasteiger partial charge in [-0.15, -0.1) is 0 Å². The fourth-order valence-electron chi connectivity index (χ4n) is 2.22. The number of carboxylic acid groups (broad SMARTS) is 1. The number of aromatic carboxylic acids is 1. The van der Waals surface area contributed by atoms with E-state index in [1.54, 1.807) is 6.07 Å². The lowest BCUT2D eigenvalue weighted by Crippen LogP contribution is -2.29. The first-order chi connectivity index (χ1) is 7.68. The van der Waals surface area contributed by atoms with Gasteiger partial charge in [0.1, 0.15) is 5.82 Å². The number of aromatic nitrogens is 1. The molecular formula is C12H16N2O2. The largest absolute Gasteiger partial charge is 0.477 e. The molecule has 0 aromatic carbocycles. The second-order valence-corrected chi connectivity index (χ2v) is 4.24. The highest BCUT2D eigenvalue weighted by molar-refractivity contribution is 5.85. The third-order valence-electron chi connectivity index (χ3n) is 3.19. The van der Waals surface area contributed by atoms with Crippen LogP contribution in [0.15, 0.2) is 18.2 Å². The van der Waals surface area contributed by atoms with Crippen LogP contribution in [0.3, 0.4) is 0 Å². The average Bonchev–Trinajstić information content (AvgIpc) is 2.81. The number of carbonyl (C=O) groups is 1. The predicted molar refractivity (Wildman–Crippen MR) is 61.9 cm³/mol. The Kier molecular flexibility index (Phi) is 3.08. The van der Waals surface area contributed by atoms with Gasteiger partial charge in [-0.05, 0) is 25.0 Å². The third kappa shape index (κ3) is 2.15. The normalized spacial score (nSPS) is 16.3. The Hall–Kier alpha value is -1.58. The first kappa shape index (κ1) is 10.9. The van der Waals surface area contributed by atoms with E-state index in [2.05, 4.69) is 9.88 Å². The second kappa shape index (κ2) is 4.51. The van der Waals surface area contributed by atoms with Gasteiger partial charge in [-0.25, -0.2) is 9.78 Å². The molecule has 4 heteroatoms. The SMILES string of the molecule is CN(c1cccc(C(=O)O)n1)C1CCCC1. The van der Waals surface area contributed by atoms with E-state index in [1.807, 2.05) is 13.1 Å². The highest BCUT2D eigenvalue weighted by atomic mass is 16.4. The third-order valence-corrected chi connectivity index (χ3v) is 3.19. The van der Waals surface area contributed by atoms with Crippen LogP contribution in [0.5, 0.6) is 0 Å². The minimum Gasteiger partial charge on any atom is -0.477 e. The number of nitrogens with zero attached hydrogens (tertiary/aromatic N) is 2. The molecule has 1 aromatic heterocycles. The lowest BCUT2D eigenvalue weighted by Gasteiger charge is -2.25. The number of rotatable bonds is 3. The van der Waals surface area contributed by atoms with Crippen LogP contribution >= 0.6 is 0 Å². The van der Waals surface area contributed by atoms with Gasteiger partial charge < -0.3 is 10.0 Å². The minimum atomic E-state index is -0.971. The van der Waals surface area contributed by atoms with E-state index in [9.17, 15) is 4.79 Å². The molecule has 1 heterocycles. The molecule has 0 bridgehead atoms. The lowest BCUT2D eigenvalue weighted by atomic mass is 10.2. The molecule has 0 amide bonds. The summed E-state index contributed by atoms with van der Waals surface area (Å²) in [6.45, 7) is 0. The van der Waals surface area contributed by atoms with Crippen molar-refractivity contribution >= 4 is 11.8 Å². The monoisotopic (exact) mass is 220 g/mol. The molecule has 1 aromatic rings. The molecule has 2 rings (SSSR count). The van der Waals surface area contributed by atoms with Gasteiger partial charge in [0.15, 0.2) is 5.69 Å². The molecule has 1 N–H and O–H groups in total. The molecule has 0 aliphatic heterocycles. The van der Waals surface area contributed by atoms with Gasteiger partial charge in [-0.1, -0.05) is 18.9 Å². The number of carboxylic acids is 1. The summed E-state index contributed by atoms with van der Waals surface area (Å²) in [7, 11) is 1.99. The molecule has 0 saturated heterocycles. The van der Waals surface area contributed by atoms with Crippen molar-refractivity contribution in [3.05, 3.63) is 23.9 Å². The minimum absolute atomic E-state index is 0.113. The first-order valence-electron chi connectivity index (χ1n) is 5.61. The smallest absolute Gasteiger partial charge is 0.354 e. The van der Waals surface area contributed by atoms with Crippen molar-refractivity contribution in [2.75, 3.05) is 11.9 Å². The Morgan fingerprint density at radius 3 is 2.75 bits per heavy atom. The molecule has 1 saturated carbocycles. The Morgan fingerprint density at radius 1 is 1.44 bits per heavy atom. The Balaban J connectivity index is 2.18. The Labute approximate surface area is 94.9 Å². The lowest BCUT2D eigenvalue weighted by molar-refractivity contribution is 0.0690. The maximum absolute atomic E-state index is 10.8. The van der Waals surface area contributed by atoms with Crippen LogP contribution in [-0.4, -0.2) is 29.1 Å². The molecule has 86 valence electrons. The highest BCUT2D eigenvalue weighted by Gasteiger charge is 2.21. The maximum atomic E-state index is 10.8. The van der Waals surface area contributed by atoms with Crippen LogP contribution < -0.4 is 4.90 Å². The zero-order valence-electron chi connectivity index (χ0n) is 9.39. The molecule has 4 nitrogen and oxygen atoms in total. The number of hydrogen-bond donors (Lipinski definition) is 1. The van der Waals surface area contributed by atoms with Crippen molar-refractivity contribution in [2.24, 2.45) is 0 Å². The van der Waals surface area contributed by atoms with Crippen molar-refractivity contribution in [3.8, 4) is 0 Å². The summed E-state index contributed by atoms with van der Waals surface area (Å²) in [6, 6.07) is 5.65. The van der Waals surface area contributed by atoms with Gasteiger partial charge in [-0.3, -0.25) is 0 Å². The summed E-state index contributed by atoms with van der Waals surface area (Å²) >= 11 is 0. The summed E-state index contributed by atoms with van der Waals surface area (Å²) in [5, 5.41) is 8.88. The molecule has 16 heavy (non-hydrogen) atoms. The summed E-state index contributed by atoms with van der Waals surface area (Å²) in [6.07, 6.45) is 4.87.